The van der Waals surface area contributed by atoms with Crippen molar-refractivity contribution in [2.45, 2.75) is 12.8 Å². The van der Waals surface area contributed by atoms with Gasteiger partial charge < -0.3 is 4.74 Å². The number of rotatable bonds is 4. The van der Waals surface area contributed by atoms with Gasteiger partial charge in [-0.05, 0) is 49.7 Å². The van der Waals surface area contributed by atoms with Gasteiger partial charge in [-0.15, -0.1) is 0 Å². The molecular formula is C15H18ClNO2. The van der Waals surface area contributed by atoms with E-state index in [1.807, 2.05) is 30.3 Å². The molecule has 2 rings (SSSR count). The second kappa shape index (κ2) is 6.73. The number of nitrogens with zero attached hydrogens (tertiary/aromatic N) is 1. The quantitative estimate of drug-likeness (QED) is 0.627. The minimum Gasteiger partial charge on any atom is -0.466 e. The number of carbonyl (C=O) groups is 1. The summed E-state index contributed by atoms with van der Waals surface area (Å²) in [6, 6.07) is 7.43. The van der Waals surface area contributed by atoms with E-state index in [1.54, 1.807) is 0 Å². The van der Waals surface area contributed by atoms with Gasteiger partial charge in [0.1, 0.15) is 0 Å². The Bertz CT molecular complexity index is 462. The van der Waals surface area contributed by atoms with Gasteiger partial charge in [-0.1, -0.05) is 23.7 Å². The minimum atomic E-state index is -0.262. The Morgan fingerprint density at radius 2 is 1.95 bits per heavy atom. The van der Waals surface area contributed by atoms with E-state index >= 15 is 0 Å². The van der Waals surface area contributed by atoms with E-state index in [2.05, 4.69) is 4.90 Å². The predicted molar refractivity (Wildman–Crippen MR) is 77.1 cm³/mol. The second-order valence-electron chi connectivity index (χ2n) is 4.70. The third-order valence-corrected chi connectivity index (χ3v) is 3.50. The third kappa shape index (κ3) is 4.08. The van der Waals surface area contributed by atoms with Crippen LogP contribution < -0.4 is 0 Å². The molecule has 0 radical (unpaired) electrons. The number of likely N-dealkylation sites (tertiary alicyclic amines) is 1. The van der Waals surface area contributed by atoms with Gasteiger partial charge in [-0.25, -0.2) is 4.79 Å². The summed E-state index contributed by atoms with van der Waals surface area (Å²) in [6.07, 6.45) is 4.28. The maximum absolute atomic E-state index is 11.8. The lowest BCUT2D eigenvalue weighted by molar-refractivity contribution is -0.136. The Morgan fingerprint density at radius 3 is 2.53 bits per heavy atom. The molecule has 0 amide bonds. The summed E-state index contributed by atoms with van der Waals surface area (Å²) in [4.78, 5) is 14.1. The molecule has 1 aliphatic heterocycles. The van der Waals surface area contributed by atoms with Gasteiger partial charge in [0, 0.05) is 11.6 Å². The van der Waals surface area contributed by atoms with E-state index in [9.17, 15) is 4.79 Å². The molecule has 0 saturated carbocycles. The predicted octanol–water partition coefficient (Wildman–Crippen LogP) is 2.99. The first-order chi connectivity index (χ1) is 9.19. The number of esters is 1. The van der Waals surface area contributed by atoms with Crippen LogP contribution >= 0.6 is 11.6 Å². The van der Waals surface area contributed by atoms with Crippen LogP contribution in [0.3, 0.4) is 0 Å². The standard InChI is InChI=1S/C15H18ClNO2/c1-19-15(18)13(11-17-8-2-3-9-17)10-12-4-6-14(16)7-5-12/h4-7,10H,2-3,8-9,11H2,1H3/b13-10+. The molecule has 4 heteroatoms. The zero-order valence-corrected chi connectivity index (χ0v) is 11.8. The van der Waals surface area contributed by atoms with Gasteiger partial charge in [0.05, 0.1) is 12.7 Å². The average Bonchev–Trinajstić information content (AvgIpc) is 2.92. The molecule has 1 aliphatic rings. The number of methoxy groups -OCH3 is 1. The second-order valence-corrected chi connectivity index (χ2v) is 5.13. The zero-order valence-electron chi connectivity index (χ0n) is 11.1. The number of carbonyl (C=O) groups excluding carboxylic acids is 1. The third-order valence-electron chi connectivity index (χ3n) is 3.25. The van der Waals surface area contributed by atoms with Crippen molar-refractivity contribution in [1.82, 2.24) is 4.90 Å². The zero-order chi connectivity index (χ0) is 13.7. The lowest BCUT2D eigenvalue weighted by Crippen LogP contribution is -2.25. The largest absolute Gasteiger partial charge is 0.466 e. The first-order valence-electron chi connectivity index (χ1n) is 6.46. The molecule has 0 aliphatic carbocycles. The molecule has 0 bridgehead atoms. The molecule has 102 valence electrons. The van der Waals surface area contributed by atoms with Crippen LogP contribution in [0.15, 0.2) is 29.8 Å². The van der Waals surface area contributed by atoms with Gasteiger partial charge in [0.2, 0.25) is 0 Å². The summed E-state index contributed by atoms with van der Waals surface area (Å²) in [5, 5.41) is 0.691. The van der Waals surface area contributed by atoms with Crippen LogP contribution in [0.4, 0.5) is 0 Å². The molecule has 0 N–H and O–H groups in total. The average molecular weight is 280 g/mol. The van der Waals surface area contributed by atoms with E-state index in [-0.39, 0.29) is 5.97 Å². The van der Waals surface area contributed by atoms with Gasteiger partial charge in [0.25, 0.3) is 0 Å². The van der Waals surface area contributed by atoms with Crippen molar-refractivity contribution in [2.24, 2.45) is 0 Å². The SMILES string of the molecule is COC(=O)/C(=C/c1ccc(Cl)cc1)CN1CCCC1. The molecular weight excluding hydrogens is 262 g/mol. The van der Waals surface area contributed by atoms with Gasteiger partial charge in [-0.2, -0.15) is 0 Å². The fourth-order valence-corrected chi connectivity index (χ4v) is 2.37. The Kier molecular flexibility index (Phi) is 5.00. The molecule has 1 heterocycles. The summed E-state index contributed by atoms with van der Waals surface area (Å²) < 4.78 is 4.86. The highest BCUT2D eigenvalue weighted by molar-refractivity contribution is 6.30. The van der Waals surface area contributed by atoms with Crippen molar-refractivity contribution in [3.63, 3.8) is 0 Å². The van der Waals surface area contributed by atoms with E-state index < -0.39 is 0 Å². The van der Waals surface area contributed by atoms with Crippen LogP contribution in [-0.2, 0) is 9.53 Å². The maximum atomic E-state index is 11.8. The molecule has 1 saturated heterocycles. The van der Waals surface area contributed by atoms with Crippen molar-refractivity contribution in [1.29, 1.82) is 0 Å². The molecule has 1 aromatic rings. The molecule has 0 atom stereocenters. The summed E-state index contributed by atoms with van der Waals surface area (Å²) >= 11 is 5.85. The fourth-order valence-electron chi connectivity index (χ4n) is 2.24. The molecule has 0 unspecified atom stereocenters. The van der Waals surface area contributed by atoms with Crippen LogP contribution in [0.1, 0.15) is 18.4 Å². The fraction of sp³-hybridized carbons (Fsp3) is 0.400. The monoisotopic (exact) mass is 279 g/mol. The van der Waals surface area contributed by atoms with Crippen molar-refractivity contribution in [2.75, 3.05) is 26.7 Å². The van der Waals surface area contributed by atoms with Gasteiger partial charge in [-0.3, -0.25) is 4.90 Å². The van der Waals surface area contributed by atoms with Crippen LogP contribution in [0.5, 0.6) is 0 Å². The molecule has 1 fully saturated rings. The van der Waals surface area contributed by atoms with E-state index in [0.29, 0.717) is 17.1 Å². The van der Waals surface area contributed by atoms with Crippen LogP contribution in [0.2, 0.25) is 5.02 Å². The Labute approximate surface area is 118 Å². The van der Waals surface area contributed by atoms with Crippen LogP contribution in [-0.4, -0.2) is 37.6 Å². The highest BCUT2D eigenvalue weighted by Crippen LogP contribution is 2.16. The van der Waals surface area contributed by atoms with Gasteiger partial charge in [0.15, 0.2) is 0 Å². The van der Waals surface area contributed by atoms with Crippen molar-refractivity contribution in [3.8, 4) is 0 Å². The van der Waals surface area contributed by atoms with E-state index in [1.165, 1.54) is 20.0 Å². The smallest absolute Gasteiger partial charge is 0.335 e. The van der Waals surface area contributed by atoms with Crippen LogP contribution in [0.25, 0.3) is 6.08 Å². The van der Waals surface area contributed by atoms with Crippen molar-refractivity contribution in [3.05, 3.63) is 40.4 Å². The molecule has 1 aromatic carbocycles. The number of hydrogen-bond donors (Lipinski definition) is 0. The summed E-state index contributed by atoms with van der Waals surface area (Å²) in [5.41, 5.74) is 1.65. The number of ether oxygens (including phenoxy) is 1. The lowest BCUT2D eigenvalue weighted by atomic mass is 10.1. The number of hydrogen-bond acceptors (Lipinski definition) is 3. The molecule has 0 spiro atoms. The maximum Gasteiger partial charge on any atom is 0.335 e. The van der Waals surface area contributed by atoms with Gasteiger partial charge >= 0.3 is 5.97 Å². The minimum absolute atomic E-state index is 0.262. The Hall–Kier alpha value is -1.32. The molecule has 19 heavy (non-hydrogen) atoms. The summed E-state index contributed by atoms with van der Waals surface area (Å²) in [7, 11) is 1.42. The van der Waals surface area contributed by atoms with Crippen molar-refractivity contribution < 1.29 is 9.53 Å². The Balaban J connectivity index is 2.15. The summed E-state index contributed by atoms with van der Waals surface area (Å²) in [6.45, 7) is 2.75. The number of halogens is 1. The van der Waals surface area contributed by atoms with E-state index in [4.69, 9.17) is 16.3 Å². The summed E-state index contributed by atoms with van der Waals surface area (Å²) in [5.74, 6) is -0.262. The van der Waals surface area contributed by atoms with E-state index in [0.717, 1.165) is 18.7 Å². The first-order valence-corrected chi connectivity index (χ1v) is 6.83. The highest BCUT2D eigenvalue weighted by atomic mass is 35.5. The normalized spacial score (nSPS) is 16.6. The van der Waals surface area contributed by atoms with Crippen LogP contribution in [0, 0.1) is 0 Å². The Morgan fingerprint density at radius 1 is 1.32 bits per heavy atom. The highest BCUT2D eigenvalue weighted by Gasteiger charge is 2.17. The first kappa shape index (κ1) is 14.1. The number of benzene rings is 1. The lowest BCUT2D eigenvalue weighted by Gasteiger charge is -2.15. The molecule has 0 aromatic heterocycles. The van der Waals surface area contributed by atoms with Crippen molar-refractivity contribution >= 4 is 23.6 Å². The topological polar surface area (TPSA) is 29.5 Å². The molecule has 3 nitrogen and oxygen atoms in total.